The molecule has 0 atom stereocenters. The third kappa shape index (κ3) is 3.02. The Bertz CT molecular complexity index is 538. The molecule has 0 aromatic carbocycles. The lowest BCUT2D eigenvalue weighted by Gasteiger charge is -2.21. The fraction of sp³-hybridized carbons (Fsp3) is 0.385. The summed E-state index contributed by atoms with van der Waals surface area (Å²) in [5.41, 5.74) is 3.62. The van der Waals surface area contributed by atoms with Crippen molar-refractivity contribution in [2.24, 2.45) is 5.84 Å². The first-order chi connectivity index (χ1) is 9.15. The molecule has 2 aromatic heterocycles. The van der Waals surface area contributed by atoms with E-state index in [4.69, 9.17) is 5.84 Å². The SMILES string of the molecule is CCc1nc(NN)c(C)c(N(C)Cc2cccs2)n1. The molecule has 0 unspecified atom stereocenters. The maximum absolute atomic E-state index is 5.52. The van der Waals surface area contributed by atoms with E-state index in [0.29, 0.717) is 5.82 Å². The highest BCUT2D eigenvalue weighted by Crippen LogP contribution is 2.24. The minimum atomic E-state index is 0.694. The van der Waals surface area contributed by atoms with Crippen LogP contribution >= 0.6 is 11.3 Å². The Hall–Kier alpha value is -1.66. The summed E-state index contributed by atoms with van der Waals surface area (Å²) >= 11 is 1.75. The number of hydrazine groups is 1. The highest BCUT2D eigenvalue weighted by atomic mass is 32.1. The van der Waals surface area contributed by atoms with Crippen LogP contribution in [0.25, 0.3) is 0 Å². The number of nitrogen functional groups attached to an aromatic ring is 1. The molecule has 2 aromatic rings. The number of nitrogens with one attached hydrogen (secondary N) is 1. The van der Waals surface area contributed by atoms with Gasteiger partial charge in [0.2, 0.25) is 0 Å². The number of nitrogens with zero attached hydrogens (tertiary/aromatic N) is 3. The Kier molecular flexibility index (Phi) is 4.34. The molecule has 0 saturated heterocycles. The lowest BCUT2D eigenvalue weighted by atomic mass is 10.2. The van der Waals surface area contributed by atoms with Gasteiger partial charge in [0.25, 0.3) is 0 Å². The topological polar surface area (TPSA) is 67.1 Å². The summed E-state index contributed by atoms with van der Waals surface area (Å²) in [5.74, 6) is 7.94. The van der Waals surface area contributed by atoms with E-state index in [1.54, 1.807) is 11.3 Å². The van der Waals surface area contributed by atoms with Crippen LogP contribution < -0.4 is 16.2 Å². The fourth-order valence-electron chi connectivity index (χ4n) is 1.93. The van der Waals surface area contributed by atoms with Crippen LogP contribution in [-0.4, -0.2) is 17.0 Å². The van der Waals surface area contributed by atoms with Crippen molar-refractivity contribution in [2.75, 3.05) is 17.4 Å². The number of aromatic nitrogens is 2. The van der Waals surface area contributed by atoms with E-state index >= 15 is 0 Å². The van der Waals surface area contributed by atoms with E-state index in [2.05, 4.69) is 37.8 Å². The number of hydrogen-bond acceptors (Lipinski definition) is 6. The van der Waals surface area contributed by atoms with Crippen LogP contribution in [0.4, 0.5) is 11.6 Å². The third-order valence-corrected chi connectivity index (χ3v) is 3.82. The Labute approximate surface area is 117 Å². The molecule has 0 saturated carbocycles. The second kappa shape index (κ2) is 5.99. The largest absolute Gasteiger partial charge is 0.354 e. The monoisotopic (exact) mass is 277 g/mol. The number of nitrogens with two attached hydrogens (primary N) is 1. The first kappa shape index (κ1) is 13.8. The molecular formula is C13H19N5S. The number of aryl methyl sites for hydroxylation is 1. The molecule has 102 valence electrons. The van der Waals surface area contributed by atoms with Crippen LogP contribution in [0.2, 0.25) is 0 Å². The minimum absolute atomic E-state index is 0.694. The second-order valence-electron chi connectivity index (χ2n) is 4.37. The lowest BCUT2D eigenvalue weighted by molar-refractivity contribution is 0.856. The molecule has 19 heavy (non-hydrogen) atoms. The van der Waals surface area contributed by atoms with Gasteiger partial charge in [-0.25, -0.2) is 15.8 Å². The van der Waals surface area contributed by atoms with Crippen molar-refractivity contribution in [2.45, 2.75) is 26.8 Å². The molecule has 2 heterocycles. The summed E-state index contributed by atoms with van der Waals surface area (Å²) in [4.78, 5) is 12.4. The smallest absolute Gasteiger partial charge is 0.148 e. The molecule has 0 amide bonds. The fourth-order valence-corrected chi connectivity index (χ4v) is 2.69. The normalized spacial score (nSPS) is 10.5. The second-order valence-corrected chi connectivity index (χ2v) is 5.40. The van der Waals surface area contributed by atoms with Gasteiger partial charge >= 0.3 is 0 Å². The summed E-state index contributed by atoms with van der Waals surface area (Å²) in [7, 11) is 2.04. The van der Waals surface area contributed by atoms with E-state index in [9.17, 15) is 0 Å². The van der Waals surface area contributed by atoms with Gasteiger partial charge in [-0.3, -0.25) is 0 Å². The first-order valence-electron chi connectivity index (χ1n) is 6.23. The molecule has 2 rings (SSSR count). The molecule has 0 spiro atoms. The van der Waals surface area contributed by atoms with E-state index in [1.165, 1.54) is 4.88 Å². The van der Waals surface area contributed by atoms with Crippen LogP contribution in [0.3, 0.4) is 0 Å². The molecule has 0 radical (unpaired) electrons. The highest BCUT2D eigenvalue weighted by Gasteiger charge is 2.13. The van der Waals surface area contributed by atoms with Gasteiger partial charge in [-0.05, 0) is 18.4 Å². The van der Waals surface area contributed by atoms with Gasteiger partial charge in [0, 0.05) is 23.9 Å². The zero-order valence-electron chi connectivity index (χ0n) is 11.5. The van der Waals surface area contributed by atoms with E-state index in [1.807, 2.05) is 20.9 Å². The molecule has 3 N–H and O–H groups in total. The molecule has 0 bridgehead atoms. The van der Waals surface area contributed by atoms with Gasteiger partial charge in [0.1, 0.15) is 17.5 Å². The molecular weight excluding hydrogens is 258 g/mol. The summed E-state index contributed by atoms with van der Waals surface area (Å²) in [6.45, 7) is 4.85. The first-order valence-corrected chi connectivity index (χ1v) is 7.11. The zero-order valence-corrected chi connectivity index (χ0v) is 12.3. The van der Waals surface area contributed by atoms with Crippen molar-refractivity contribution in [3.8, 4) is 0 Å². The van der Waals surface area contributed by atoms with Crippen molar-refractivity contribution in [1.29, 1.82) is 0 Å². The minimum Gasteiger partial charge on any atom is -0.354 e. The molecule has 0 fully saturated rings. The summed E-state index contributed by atoms with van der Waals surface area (Å²) in [6.07, 6.45) is 0.787. The average Bonchev–Trinajstić information content (AvgIpc) is 2.91. The Balaban J connectivity index is 2.31. The van der Waals surface area contributed by atoms with Gasteiger partial charge in [0.15, 0.2) is 0 Å². The van der Waals surface area contributed by atoms with Gasteiger partial charge in [-0.1, -0.05) is 13.0 Å². The van der Waals surface area contributed by atoms with Crippen molar-refractivity contribution in [3.63, 3.8) is 0 Å². The molecule has 0 aliphatic rings. The molecule has 0 aliphatic heterocycles. The van der Waals surface area contributed by atoms with Gasteiger partial charge < -0.3 is 10.3 Å². The third-order valence-electron chi connectivity index (χ3n) is 2.95. The summed E-state index contributed by atoms with van der Waals surface area (Å²) < 4.78 is 0. The Morgan fingerprint density at radius 3 is 2.79 bits per heavy atom. The molecule has 0 aliphatic carbocycles. The van der Waals surface area contributed by atoms with Gasteiger partial charge in [-0.15, -0.1) is 11.3 Å². The van der Waals surface area contributed by atoms with Crippen molar-refractivity contribution < 1.29 is 0 Å². The van der Waals surface area contributed by atoms with Crippen LogP contribution in [0.5, 0.6) is 0 Å². The van der Waals surface area contributed by atoms with Crippen LogP contribution in [0.1, 0.15) is 23.2 Å². The van der Waals surface area contributed by atoms with Crippen molar-refractivity contribution >= 4 is 23.0 Å². The molecule has 6 heteroatoms. The van der Waals surface area contributed by atoms with Crippen LogP contribution in [0.15, 0.2) is 17.5 Å². The summed E-state index contributed by atoms with van der Waals surface area (Å²) in [6, 6.07) is 4.19. The van der Waals surface area contributed by atoms with E-state index in [0.717, 1.165) is 30.2 Å². The number of hydrogen-bond donors (Lipinski definition) is 2. The van der Waals surface area contributed by atoms with Crippen molar-refractivity contribution in [1.82, 2.24) is 9.97 Å². The average molecular weight is 277 g/mol. The lowest BCUT2D eigenvalue weighted by Crippen LogP contribution is -2.21. The predicted octanol–water partition coefficient (Wildman–Crippen LogP) is 2.33. The zero-order chi connectivity index (χ0) is 13.8. The Morgan fingerprint density at radius 2 is 2.21 bits per heavy atom. The van der Waals surface area contributed by atoms with Gasteiger partial charge in [-0.2, -0.15) is 0 Å². The maximum atomic E-state index is 5.52. The van der Waals surface area contributed by atoms with Gasteiger partial charge in [0.05, 0.1) is 6.54 Å². The molecule has 5 nitrogen and oxygen atoms in total. The standard InChI is InChI=1S/C13H19N5S/c1-4-11-15-12(17-14)9(2)13(16-11)18(3)8-10-6-5-7-19-10/h5-7H,4,8,14H2,1-3H3,(H,15,16,17). The quantitative estimate of drug-likeness (QED) is 0.648. The predicted molar refractivity (Wildman–Crippen MR) is 80.4 cm³/mol. The maximum Gasteiger partial charge on any atom is 0.148 e. The summed E-state index contributed by atoms with van der Waals surface area (Å²) in [5, 5.41) is 2.08. The number of rotatable bonds is 5. The van der Waals surface area contributed by atoms with E-state index < -0.39 is 0 Å². The van der Waals surface area contributed by atoms with Crippen molar-refractivity contribution in [3.05, 3.63) is 33.8 Å². The van der Waals surface area contributed by atoms with Crippen LogP contribution in [-0.2, 0) is 13.0 Å². The highest BCUT2D eigenvalue weighted by molar-refractivity contribution is 7.09. The van der Waals surface area contributed by atoms with E-state index in [-0.39, 0.29) is 0 Å². The van der Waals surface area contributed by atoms with Crippen LogP contribution in [0, 0.1) is 6.92 Å². The number of anilines is 2. The Morgan fingerprint density at radius 1 is 1.42 bits per heavy atom. The number of thiophene rings is 1.